The van der Waals surface area contributed by atoms with Crippen LogP contribution < -0.4 is 5.32 Å². The number of nitrogens with one attached hydrogen (secondary N) is 1. The Kier molecular flexibility index (Phi) is 1.05. The van der Waals surface area contributed by atoms with Gasteiger partial charge in [0, 0.05) is 0 Å². The lowest BCUT2D eigenvalue weighted by molar-refractivity contribution is 0.114. The molecule has 0 atom stereocenters. The molecule has 0 bridgehead atoms. The fraction of sp³-hybridized carbons (Fsp3) is 1.00. The van der Waals surface area contributed by atoms with Gasteiger partial charge in [-0.1, -0.05) is 6.92 Å². The first kappa shape index (κ1) is 5.06. The maximum Gasteiger partial charge on any atom is 0.116 e. The lowest BCUT2D eigenvalue weighted by atomic mass is 10.6. The standard InChI is InChI=1S/C5H11NO/c1-2-6-5(7)3-4-5/h6-7H,2-4H2,1H3. The van der Waals surface area contributed by atoms with Gasteiger partial charge >= 0.3 is 0 Å². The second-order valence-corrected chi connectivity index (χ2v) is 2.06. The molecule has 0 aromatic heterocycles. The fourth-order valence-electron chi connectivity index (χ4n) is 0.624. The van der Waals surface area contributed by atoms with E-state index in [0.717, 1.165) is 19.4 Å². The van der Waals surface area contributed by atoms with Crippen LogP contribution in [0.1, 0.15) is 19.8 Å². The van der Waals surface area contributed by atoms with Crippen molar-refractivity contribution in [2.45, 2.75) is 25.5 Å². The van der Waals surface area contributed by atoms with Crippen LogP contribution in [0.2, 0.25) is 0 Å². The Labute approximate surface area is 43.5 Å². The van der Waals surface area contributed by atoms with Gasteiger partial charge < -0.3 is 5.11 Å². The SMILES string of the molecule is CCNC1(O)CC1. The highest BCUT2D eigenvalue weighted by Gasteiger charge is 2.38. The number of hydrogen-bond acceptors (Lipinski definition) is 2. The van der Waals surface area contributed by atoms with E-state index in [2.05, 4.69) is 5.32 Å². The largest absolute Gasteiger partial charge is 0.376 e. The van der Waals surface area contributed by atoms with E-state index in [1.807, 2.05) is 6.92 Å². The minimum Gasteiger partial charge on any atom is -0.376 e. The molecule has 0 aromatic rings. The first-order valence-corrected chi connectivity index (χ1v) is 2.74. The van der Waals surface area contributed by atoms with Crippen LogP contribution in [0.15, 0.2) is 0 Å². The summed E-state index contributed by atoms with van der Waals surface area (Å²) in [7, 11) is 0. The molecular formula is C5H11NO. The van der Waals surface area contributed by atoms with Crippen LogP contribution in [0.25, 0.3) is 0 Å². The van der Waals surface area contributed by atoms with E-state index < -0.39 is 5.72 Å². The predicted molar refractivity (Wildman–Crippen MR) is 27.9 cm³/mol. The van der Waals surface area contributed by atoms with Crippen LogP contribution in [0.5, 0.6) is 0 Å². The van der Waals surface area contributed by atoms with Gasteiger partial charge in [0.1, 0.15) is 5.72 Å². The molecule has 0 spiro atoms. The van der Waals surface area contributed by atoms with Crippen molar-refractivity contribution < 1.29 is 5.11 Å². The van der Waals surface area contributed by atoms with Gasteiger partial charge in [0.2, 0.25) is 0 Å². The highest BCUT2D eigenvalue weighted by atomic mass is 16.3. The third-order valence-corrected chi connectivity index (χ3v) is 1.23. The first-order valence-electron chi connectivity index (χ1n) is 2.74. The zero-order chi connectivity index (χ0) is 5.33. The molecule has 1 aliphatic carbocycles. The minimum absolute atomic E-state index is 0.450. The number of hydrogen-bond donors (Lipinski definition) is 2. The molecule has 1 saturated carbocycles. The van der Waals surface area contributed by atoms with Crippen molar-refractivity contribution in [3.05, 3.63) is 0 Å². The summed E-state index contributed by atoms with van der Waals surface area (Å²) in [6.07, 6.45) is 1.86. The van der Waals surface area contributed by atoms with Gasteiger partial charge in [-0.15, -0.1) is 0 Å². The van der Waals surface area contributed by atoms with Crippen LogP contribution in [-0.2, 0) is 0 Å². The van der Waals surface area contributed by atoms with Gasteiger partial charge in [0.05, 0.1) is 0 Å². The summed E-state index contributed by atoms with van der Waals surface area (Å²) in [5, 5.41) is 12.0. The summed E-state index contributed by atoms with van der Waals surface area (Å²) in [5.41, 5.74) is -0.450. The summed E-state index contributed by atoms with van der Waals surface area (Å²) < 4.78 is 0. The van der Waals surface area contributed by atoms with Gasteiger partial charge in [-0.2, -0.15) is 0 Å². The molecule has 1 rings (SSSR count). The number of rotatable bonds is 2. The summed E-state index contributed by atoms with van der Waals surface area (Å²) in [4.78, 5) is 0. The van der Waals surface area contributed by atoms with Crippen molar-refractivity contribution in [1.29, 1.82) is 0 Å². The Hall–Kier alpha value is -0.0800. The maximum absolute atomic E-state index is 9.02. The molecule has 2 nitrogen and oxygen atoms in total. The predicted octanol–water partition coefficient (Wildman–Crippen LogP) is 0.0783. The first-order chi connectivity index (χ1) is 3.27. The van der Waals surface area contributed by atoms with E-state index in [1.165, 1.54) is 0 Å². The zero-order valence-corrected chi connectivity index (χ0v) is 4.57. The molecule has 0 unspecified atom stereocenters. The fourth-order valence-corrected chi connectivity index (χ4v) is 0.624. The third kappa shape index (κ3) is 1.14. The van der Waals surface area contributed by atoms with Gasteiger partial charge in [-0.25, -0.2) is 0 Å². The molecular weight excluding hydrogens is 90.1 g/mol. The summed E-state index contributed by atoms with van der Waals surface area (Å²) in [6.45, 7) is 2.87. The normalized spacial score (nSPS) is 24.9. The molecule has 1 aliphatic rings. The van der Waals surface area contributed by atoms with Crippen LogP contribution in [-0.4, -0.2) is 17.4 Å². The molecule has 1 fully saturated rings. The molecule has 7 heavy (non-hydrogen) atoms. The molecule has 0 saturated heterocycles. The van der Waals surface area contributed by atoms with Gasteiger partial charge in [0.15, 0.2) is 0 Å². The van der Waals surface area contributed by atoms with E-state index in [0.29, 0.717) is 0 Å². The van der Waals surface area contributed by atoms with E-state index >= 15 is 0 Å². The van der Waals surface area contributed by atoms with Crippen LogP contribution in [0.4, 0.5) is 0 Å². The lowest BCUT2D eigenvalue weighted by Crippen LogP contribution is -2.29. The third-order valence-electron chi connectivity index (χ3n) is 1.23. The Bertz CT molecular complexity index is 68.5. The van der Waals surface area contributed by atoms with Crippen LogP contribution >= 0.6 is 0 Å². The van der Waals surface area contributed by atoms with Crippen molar-refractivity contribution in [3.63, 3.8) is 0 Å². The molecule has 2 N–H and O–H groups in total. The highest BCUT2D eigenvalue weighted by Crippen LogP contribution is 2.30. The molecule has 0 radical (unpaired) electrons. The van der Waals surface area contributed by atoms with Crippen molar-refractivity contribution >= 4 is 0 Å². The molecule has 0 amide bonds. The monoisotopic (exact) mass is 101 g/mol. The van der Waals surface area contributed by atoms with Gasteiger partial charge in [-0.05, 0) is 19.4 Å². The minimum atomic E-state index is -0.450. The van der Waals surface area contributed by atoms with Gasteiger partial charge in [0.25, 0.3) is 0 Å². The summed E-state index contributed by atoms with van der Waals surface area (Å²) in [6, 6.07) is 0. The second kappa shape index (κ2) is 1.46. The van der Waals surface area contributed by atoms with Crippen LogP contribution in [0, 0.1) is 0 Å². The molecule has 0 aliphatic heterocycles. The molecule has 0 heterocycles. The molecule has 42 valence electrons. The van der Waals surface area contributed by atoms with Gasteiger partial charge in [-0.3, -0.25) is 5.32 Å². The topological polar surface area (TPSA) is 32.3 Å². The average molecular weight is 101 g/mol. The van der Waals surface area contributed by atoms with E-state index in [-0.39, 0.29) is 0 Å². The summed E-state index contributed by atoms with van der Waals surface area (Å²) in [5.74, 6) is 0. The van der Waals surface area contributed by atoms with E-state index in [9.17, 15) is 0 Å². The second-order valence-electron chi connectivity index (χ2n) is 2.06. The van der Waals surface area contributed by atoms with E-state index in [4.69, 9.17) is 5.11 Å². The zero-order valence-electron chi connectivity index (χ0n) is 4.57. The average Bonchev–Trinajstić information content (AvgIpc) is 2.22. The smallest absolute Gasteiger partial charge is 0.116 e. The summed E-state index contributed by atoms with van der Waals surface area (Å²) >= 11 is 0. The Balaban J connectivity index is 2.13. The number of aliphatic hydroxyl groups is 1. The Morgan fingerprint density at radius 1 is 1.71 bits per heavy atom. The maximum atomic E-state index is 9.02. The molecule has 0 aromatic carbocycles. The van der Waals surface area contributed by atoms with Crippen molar-refractivity contribution in [3.8, 4) is 0 Å². The van der Waals surface area contributed by atoms with E-state index in [1.54, 1.807) is 0 Å². The van der Waals surface area contributed by atoms with Crippen molar-refractivity contribution in [2.24, 2.45) is 0 Å². The van der Waals surface area contributed by atoms with Crippen LogP contribution in [0.3, 0.4) is 0 Å². The lowest BCUT2D eigenvalue weighted by Gasteiger charge is -2.04. The quantitative estimate of drug-likeness (QED) is 0.483. The van der Waals surface area contributed by atoms with Crippen molar-refractivity contribution in [1.82, 2.24) is 5.32 Å². The molecule has 2 heteroatoms. The van der Waals surface area contributed by atoms with Crippen molar-refractivity contribution in [2.75, 3.05) is 6.54 Å². The Morgan fingerprint density at radius 2 is 2.29 bits per heavy atom. The highest BCUT2D eigenvalue weighted by molar-refractivity contribution is 4.89. The Morgan fingerprint density at radius 3 is 2.43 bits per heavy atom.